The standard InChI is InChI=1S/C12H8F2N2S/c13-8-4-3-7-11(12(8)14)16-10-6-2-1-5-9(10)15-17-16/h1-7,15H. The van der Waals surface area contributed by atoms with Crippen LogP contribution in [-0.2, 0) is 0 Å². The molecule has 0 aromatic heterocycles. The molecule has 1 aliphatic heterocycles. The molecule has 0 spiro atoms. The number of nitrogens with zero attached hydrogens (tertiary/aromatic N) is 1. The van der Waals surface area contributed by atoms with Gasteiger partial charge in [-0.25, -0.2) is 8.78 Å². The molecule has 1 N–H and O–H groups in total. The molecular formula is C12H8F2N2S. The van der Waals surface area contributed by atoms with Crippen molar-refractivity contribution in [3.63, 3.8) is 0 Å². The van der Waals surface area contributed by atoms with Gasteiger partial charge in [-0.05, 0) is 24.3 Å². The predicted molar refractivity (Wildman–Crippen MR) is 66.2 cm³/mol. The summed E-state index contributed by atoms with van der Waals surface area (Å²) in [7, 11) is 0. The van der Waals surface area contributed by atoms with Crippen molar-refractivity contribution in [3.05, 3.63) is 54.1 Å². The van der Waals surface area contributed by atoms with Crippen LogP contribution in [0.5, 0.6) is 0 Å². The summed E-state index contributed by atoms with van der Waals surface area (Å²) in [5.74, 6) is -1.68. The number of para-hydroxylation sites is 2. The highest BCUT2D eigenvalue weighted by atomic mass is 32.2. The second-order valence-corrected chi connectivity index (χ2v) is 4.33. The first kappa shape index (κ1) is 10.4. The number of halogens is 2. The Morgan fingerprint density at radius 3 is 2.59 bits per heavy atom. The first-order valence-corrected chi connectivity index (χ1v) is 5.81. The lowest BCUT2D eigenvalue weighted by molar-refractivity contribution is 0.511. The second kappa shape index (κ2) is 3.92. The molecule has 1 heterocycles. The summed E-state index contributed by atoms with van der Waals surface area (Å²) in [6, 6.07) is 11.6. The maximum atomic E-state index is 13.7. The van der Waals surface area contributed by atoms with Gasteiger partial charge < -0.3 is 4.72 Å². The number of rotatable bonds is 1. The van der Waals surface area contributed by atoms with Gasteiger partial charge in [0, 0.05) is 0 Å². The van der Waals surface area contributed by atoms with E-state index in [0.717, 1.165) is 17.4 Å². The molecule has 17 heavy (non-hydrogen) atoms. The van der Waals surface area contributed by atoms with Crippen LogP contribution in [0.15, 0.2) is 42.5 Å². The minimum Gasteiger partial charge on any atom is -0.310 e. The highest BCUT2D eigenvalue weighted by Gasteiger charge is 2.24. The summed E-state index contributed by atoms with van der Waals surface area (Å²) in [5, 5.41) is 0. The molecule has 0 unspecified atom stereocenters. The van der Waals surface area contributed by atoms with E-state index in [1.165, 1.54) is 18.2 Å². The van der Waals surface area contributed by atoms with E-state index in [9.17, 15) is 8.78 Å². The van der Waals surface area contributed by atoms with Crippen molar-refractivity contribution in [2.75, 3.05) is 9.03 Å². The number of nitrogens with one attached hydrogen (secondary N) is 1. The van der Waals surface area contributed by atoms with Crippen LogP contribution in [0.25, 0.3) is 0 Å². The van der Waals surface area contributed by atoms with Crippen LogP contribution in [0.3, 0.4) is 0 Å². The lowest BCUT2D eigenvalue weighted by Gasteiger charge is -2.16. The molecule has 2 aromatic carbocycles. The Kier molecular flexibility index (Phi) is 2.40. The lowest BCUT2D eigenvalue weighted by atomic mass is 10.2. The smallest absolute Gasteiger partial charge is 0.183 e. The van der Waals surface area contributed by atoms with Gasteiger partial charge in [0.15, 0.2) is 11.6 Å². The van der Waals surface area contributed by atoms with E-state index in [2.05, 4.69) is 4.72 Å². The Bertz CT molecular complexity index is 574. The molecule has 2 nitrogen and oxygen atoms in total. The van der Waals surface area contributed by atoms with Crippen LogP contribution < -0.4 is 9.03 Å². The summed E-state index contributed by atoms with van der Waals surface area (Å²) in [6.45, 7) is 0. The average Bonchev–Trinajstić information content (AvgIpc) is 2.77. The summed E-state index contributed by atoms with van der Waals surface area (Å²) in [5.41, 5.74) is 1.93. The fourth-order valence-corrected chi connectivity index (χ4v) is 2.57. The van der Waals surface area contributed by atoms with Gasteiger partial charge in [-0.2, -0.15) is 0 Å². The van der Waals surface area contributed by atoms with E-state index in [-0.39, 0.29) is 5.69 Å². The van der Waals surface area contributed by atoms with E-state index in [0.29, 0.717) is 0 Å². The first-order valence-electron chi connectivity index (χ1n) is 5.03. The monoisotopic (exact) mass is 250 g/mol. The number of hydrogen-bond acceptors (Lipinski definition) is 3. The molecule has 2 aromatic rings. The Morgan fingerprint density at radius 2 is 1.71 bits per heavy atom. The van der Waals surface area contributed by atoms with Crippen LogP contribution in [0, 0.1) is 11.6 Å². The molecular weight excluding hydrogens is 242 g/mol. The van der Waals surface area contributed by atoms with Gasteiger partial charge in [-0.1, -0.05) is 18.2 Å². The fourth-order valence-electron chi connectivity index (χ4n) is 1.71. The zero-order valence-electron chi connectivity index (χ0n) is 8.65. The van der Waals surface area contributed by atoms with Crippen LogP contribution in [-0.4, -0.2) is 0 Å². The lowest BCUT2D eigenvalue weighted by Crippen LogP contribution is -2.06. The topological polar surface area (TPSA) is 15.3 Å². The van der Waals surface area contributed by atoms with Gasteiger partial charge >= 0.3 is 0 Å². The SMILES string of the molecule is Fc1cccc(N2SNc3ccccc32)c1F. The Labute approximate surface area is 102 Å². The third-order valence-corrected chi connectivity index (χ3v) is 3.41. The van der Waals surface area contributed by atoms with Gasteiger partial charge in [0.1, 0.15) is 0 Å². The predicted octanol–water partition coefficient (Wildman–Crippen LogP) is 4.09. The van der Waals surface area contributed by atoms with Gasteiger partial charge in [0.05, 0.1) is 29.2 Å². The molecule has 0 saturated carbocycles. The molecule has 86 valence electrons. The average molecular weight is 250 g/mol. The molecule has 0 atom stereocenters. The minimum atomic E-state index is -0.840. The Morgan fingerprint density at radius 1 is 0.941 bits per heavy atom. The largest absolute Gasteiger partial charge is 0.310 e. The summed E-state index contributed by atoms with van der Waals surface area (Å²) < 4.78 is 31.5. The zero-order valence-corrected chi connectivity index (χ0v) is 9.47. The molecule has 0 saturated heterocycles. The minimum absolute atomic E-state index is 0.215. The maximum Gasteiger partial charge on any atom is 0.183 e. The van der Waals surface area contributed by atoms with Crippen molar-refractivity contribution in [2.45, 2.75) is 0 Å². The summed E-state index contributed by atoms with van der Waals surface area (Å²) >= 11 is 1.22. The third-order valence-electron chi connectivity index (χ3n) is 2.52. The molecule has 0 bridgehead atoms. The van der Waals surface area contributed by atoms with E-state index in [1.807, 2.05) is 24.3 Å². The van der Waals surface area contributed by atoms with Crippen molar-refractivity contribution in [3.8, 4) is 0 Å². The van der Waals surface area contributed by atoms with Crippen LogP contribution in [0.2, 0.25) is 0 Å². The summed E-state index contributed by atoms with van der Waals surface area (Å²) in [6.07, 6.45) is 0. The van der Waals surface area contributed by atoms with E-state index in [4.69, 9.17) is 0 Å². The van der Waals surface area contributed by atoms with Crippen LogP contribution >= 0.6 is 12.1 Å². The first-order chi connectivity index (χ1) is 8.27. The normalized spacial score (nSPS) is 13.4. The maximum absolute atomic E-state index is 13.7. The molecule has 0 radical (unpaired) electrons. The highest BCUT2D eigenvalue weighted by molar-refractivity contribution is 8.02. The van der Waals surface area contributed by atoms with Gasteiger partial charge in [0.2, 0.25) is 0 Å². The highest BCUT2D eigenvalue weighted by Crippen LogP contribution is 2.44. The number of fused-ring (bicyclic) bond motifs is 1. The molecule has 0 aliphatic carbocycles. The van der Waals surface area contributed by atoms with Gasteiger partial charge in [-0.15, -0.1) is 0 Å². The van der Waals surface area contributed by atoms with Crippen LogP contribution in [0.4, 0.5) is 25.8 Å². The number of anilines is 3. The number of benzene rings is 2. The van der Waals surface area contributed by atoms with Gasteiger partial charge in [0.25, 0.3) is 0 Å². The third kappa shape index (κ3) is 1.63. The Hall–Kier alpha value is -1.75. The van der Waals surface area contributed by atoms with Gasteiger partial charge in [-0.3, -0.25) is 4.31 Å². The van der Waals surface area contributed by atoms with Crippen molar-refractivity contribution in [2.24, 2.45) is 0 Å². The Balaban J connectivity index is 2.10. The molecule has 0 amide bonds. The van der Waals surface area contributed by atoms with Crippen molar-refractivity contribution < 1.29 is 8.78 Å². The van der Waals surface area contributed by atoms with E-state index >= 15 is 0 Å². The molecule has 5 heteroatoms. The number of hydrogen-bond donors (Lipinski definition) is 1. The van der Waals surface area contributed by atoms with Crippen molar-refractivity contribution in [1.29, 1.82) is 0 Å². The second-order valence-electron chi connectivity index (χ2n) is 3.58. The van der Waals surface area contributed by atoms with Crippen molar-refractivity contribution >= 4 is 29.2 Å². The quantitative estimate of drug-likeness (QED) is 0.767. The summed E-state index contributed by atoms with van der Waals surface area (Å²) in [4.78, 5) is 0. The molecule has 3 rings (SSSR count). The van der Waals surface area contributed by atoms with Crippen LogP contribution in [0.1, 0.15) is 0 Å². The van der Waals surface area contributed by atoms with E-state index in [1.54, 1.807) is 10.4 Å². The molecule has 0 fully saturated rings. The zero-order chi connectivity index (χ0) is 11.8. The van der Waals surface area contributed by atoms with E-state index < -0.39 is 11.6 Å². The molecule has 1 aliphatic rings. The van der Waals surface area contributed by atoms with Crippen molar-refractivity contribution in [1.82, 2.24) is 0 Å². The fraction of sp³-hybridized carbons (Fsp3) is 0.